The van der Waals surface area contributed by atoms with Gasteiger partial charge in [0.05, 0.1) is 7.11 Å². The van der Waals surface area contributed by atoms with E-state index in [4.69, 9.17) is 0 Å². The van der Waals surface area contributed by atoms with Gasteiger partial charge in [0.2, 0.25) is 11.8 Å². The van der Waals surface area contributed by atoms with Crippen LogP contribution in [0.25, 0.3) is 0 Å². The summed E-state index contributed by atoms with van der Waals surface area (Å²) in [4.78, 5) is 37.2. The minimum Gasteiger partial charge on any atom is -0.466 e. The lowest BCUT2D eigenvalue weighted by atomic mass is 9.96. The number of amides is 2. The monoisotopic (exact) mass is 536 g/mol. The van der Waals surface area contributed by atoms with Crippen molar-refractivity contribution in [3.63, 3.8) is 0 Å². The van der Waals surface area contributed by atoms with Gasteiger partial charge in [-0.15, -0.1) is 0 Å². The minimum absolute atomic E-state index is 0.193. The lowest BCUT2D eigenvalue weighted by Gasteiger charge is -2.32. The van der Waals surface area contributed by atoms with Crippen molar-refractivity contribution >= 4 is 17.8 Å². The second-order valence-corrected chi connectivity index (χ2v) is 9.38. The number of carbonyl (C=O) groups excluding carboxylic acids is 3. The zero-order chi connectivity index (χ0) is 28.4. The first-order valence-electron chi connectivity index (χ1n) is 14.3. The van der Waals surface area contributed by atoms with Gasteiger partial charge in [-0.3, -0.25) is 9.59 Å². The van der Waals surface area contributed by atoms with Crippen LogP contribution in [0.4, 0.5) is 0 Å². The van der Waals surface area contributed by atoms with Crippen LogP contribution >= 0.6 is 0 Å². The number of carbonyl (C=O) groups is 3. The highest BCUT2D eigenvalue weighted by atomic mass is 16.5. The number of esters is 1. The molecule has 0 aromatic heterocycles. The molecule has 6 nitrogen and oxygen atoms in total. The van der Waals surface area contributed by atoms with Gasteiger partial charge in [-0.05, 0) is 63.7 Å². The first-order valence-corrected chi connectivity index (χ1v) is 14.3. The van der Waals surface area contributed by atoms with E-state index in [0.29, 0.717) is 18.9 Å². The molecule has 0 aromatic carbocycles. The summed E-state index contributed by atoms with van der Waals surface area (Å²) in [5, 5.41) is 2.80. The standard InChI is InChI=1S/C33H48N2O4/c1-3-4-5-6-7-8-9-10-11-12-13-14-15-16-17-18-19-20-21-22-32(37)35-27-25-30(26-28-35)29-34-31(36)23-24-33(38)39-2/h4-5,7-8,10-11,13-14,16-17,19-20,23-24,30H,3,6,9,12,15,18,21-22,25-29H2,1-2H3,(H,34,36). The maximum atomic E-state index is 12.5. The van der Waals surface area contributed by atoms with Gasteiger partial charge in [-0.25, -0.2) is 4.79 Å². The summed E-state index contributed by atoms with van der Waals surface area (Å²) in [7, 11) is 1.27. The van der Waals surface area contributed by atoms with Crippen LogP contribution in [0.5, 0.6) is 0 Å². The molecule has 0 unspecified atom stereocenters. The van der Waals surface area contributed by atoms with Gasteiger partial charge >= 0.3 is 5.97 Å². The Balaban J connectivity index is 2.06. The average Bonchev–Trinajstić information content (AvgIpc) is 2.96. The molecule has 0 aromatic rings. The van der Waals surface area contributed by atoms with E-state index in [-0.39, 0.29) is 11.8 Å². The zero-order valence-electron chi connectivity index (χ0n) is 23.9. The maximum Gasteiger partial charge on any atom is 0.330 e. The lowest BCUT2D eigenvalue weighted by molar-refractivity contribution is -0.135. The number of nitrogens with one attached hydrogen (secondary N) is 1. The van der Waals surface area contributed by atoms with Gasteiger partial charge in [-0.2, -0.15) is 0 Å². The Morgan fingerprint density at radius 1 is 0.744 bits per heavy atom. The van der Waals surface area contributed by atoms with E-state index in [0.717, 1.165) is 77.0 Å². The zero-order valence-corrected chi connectivity index (χ0v) is 23.9. The van der Waals surface area contributed by atoms with Crippen molar-refractivity contribution in [1.82, 2.24) is 10.2 Å². The average molecular weight is 537 g/mol. The summed E-state index contributed by atoms with van der Waals surface area (Å²) in [5.74, 6) is -0.331. The van der Waals surface area contributed by atoms with Crippen molar-refractivity contribution in [2.45, 2.75) is 71.1 Å². The van der Waals surface area contributed by atoms with Gasteiger partial charge in [0.15, 0.2) is 0 Å². The number of ether oxygens (including phenoxy) is 1. The second kappa shape index (κ2) is 23.7. The van der Waals surface area contributed by atoms with Gasteiger partial charge < -0.3 is 15.0 Å². The number of hydrogen-bond acceptors (Lipinski definition) is 4. The van der Waals surface area contributed by atoms with Crippen LogP contribution in [0, 0.1) is 5.92 Å². The van der Waals surface area contributed by atoms with Crippen LogP contribution in [0.15, 0.2) is 85.1 Å². The van der Waals surface area contributed by atoms with Gasteiger partial charge in [0.1, 0.15) is 0 Å². The molecule has 2 amide bonds. The van der Waals surface area contributed by atoms with Gasteiger partial charge in [-0.1, -0.05) is 79.8 Å². The summed E-state index contributed by atoms with van der Waals surface area (Å²) in [6, 6.07) is 0. The molecule has 1 aliphatic heterocycles. The molecule has 1 aliphatic rings. The highest BCUT2D eigenvalue weighted by molar-refractivity contribution is 5.94. The van der Waals surface area contributed by atoms with E-state index >= 15 is 0 Å². The topological polar surface area (TPSA) is 75.7 Å². The Morgan fingerprint density at radius 2 is 1.23 bits per heavy atom. The van der Waals surface area contributed by atoms with E-state index in [9.17, 15) is 14.4 Å². The van der Waals surface area contributed by atoms with Crippen molar-refractivity contribution in [3.8, 4) is 0 Å². The molecule has 0 spiro atoms. The summed E-state index contributed by atoms with van der Waals surface area (Å²) in [6.45, 7) is 4.14. The predicted molar refractivity (Wildman–Crippen MR) is 161 cm³/mol. The third-order valence-corrected chi connectivity index (χ3v) is 6.23. The molecular weight excluding hydrogens is 488 g/mol. The normalized spacial score (nSPS) is 15.4. The second-order valence-electron chi connectivity index (χ2n) is 9.38. The Morgan fingerprint density at radius 3 is 1.72 bits per heavy atom. The number of nitrogens with zero attached hydrogens (tertiary/aromatic N) is 1. The van der Waals surface area contributed by atoms with E-state index in [2.05, 4.69) is 89.9 Å². The fourth-order valence-electron chi connectivity index (χ4n) is 3.91. The SMILES string of the molecule is CCC=CCC=CCC=CCC=CCC=CCC=CCCC(=O)N1CCC(CNC(=O)C=CC(=O)OC)CC1. The first-order chi connectivity index (χ1) is 19.1. The highest BCUT2D eigenvalue weighted by Gasteiger charge is 2.22. The number of methoxy groups -OCH3 is 1. The third-order valence-electron chi connectivity index (χ3n) is 6.23. The largest absolute Gasteiger partial charge is 0.466 e. The molecular formula is C33H48N2O4. The van der Waals surface area contributed by atoms with Gasteiger partial charge in [0, 0.05) is 38.2 Å². The fraction of sp³-hybridized carbons (Fsp3) is 0.485. The van der Waals surface area contributed by atoms with Crippen LogP contribution < -0.4 is 5.32 Å². The van der Waals surface area contributed by atoms with Crippen LogP contribution in [0.1, 0.15) is 71.1 Å². The Hall–Kier alpha value is -3.41. The number of likely N-dealkylation sites (tertiary alicyclic amines) is 1. The van der Waals surface area contributed by atoms with Gasteiger partial charge in [0.25, 0.3) is 0 Å². The molecule has 0 radical (unpaired) electrons. The Kier molecular flexibility index (Phi) is 20.4. The van der Waals surface area contributed by atoms with E-state index in [1.807, 2.05) is 4.90 Å². The van der Waals surface area contributed by atoms with Crippen molar-refractivity contribution < 1.29 is 19.1 Å². The quantitative estimate of drug-likeness (QED) is 0.122. The molecule has 6 heteroatoms. The molecule has 0 bridgehead atoms. The number of rotatable bonds is 18. The summed E-state index contributed by atoms with van der Waals surface area (Å²) in [5.41, 5.74) is 0. The summed E-state index contributed by atoms with van der Waals surface area (Å²) in [6.07, 6.45) is 37.3. The van der Waals surface area contributed by atoms with E-state index < -0.39 is 5.97 Å². The lowest BCUT2D eigenvalue weighted by Crippen LogP contribution is -2.41. The molecule has 1 fully saturated rings. The predicted octanol–water partition coefficient (Wildman–Crippen LogP) is 6.55. The van der Waals surface area contributed by atoms with Crippen molar-refractivity contribution in [2.75, 3.05) is 26.7 Å². The smallest absolute Gasteiger partial charge is 0.330 e. The Labute approximate surface area is 235 Å². The molecule has 0 saturated carbocycles. The highest BCUT2D eigenvalue weighted by Crippen LogP contribution is 2.17. The number of allylic oxidation sites excluding steroid dienone is 12. The first kappa shape index (κ1) is 33.6. The van der Waals surface area contributed by atoms with Crippen molar-refractivity contribution in [1.29, 1.82) is 0 Å². The van der Waals surface area contributed by atoms with Crippen molar-refractivity contribution in [3.05, 3.63) is 85.1 Å². The van der Waals surface area contributed by atoms with E-state index in [1.54, 1.807) is 0 Å². The van der Waals surface area contributed by atoms with Crippen molar-refractivity contribution in [2.24, 2.45) is 5.92 Å². The van der Waals surface area contributed by atoms with Crippen LogP contribution in [-0.4, -0.2) is 49.4 Å². The van der Waals surface area contributed by atoms with E-state index in [1.165, 1.54) is 13.2 Å². The molecule has 1 N–H and O–H groups in total. The maximum absolute atomic E-state index is 12.5. The summed E-state index contributed by atoms with van der Waals surface area (Å²) < 4.78 is 4.46. The molecule has 1 saturated heterocycles. The molecule has 214 valence electrons. The molecule has 1 heterocycles. The number of piperidine rings is 1. The molecule has 1 rings (SSSR count). The minimum atomic E-state index is -0.555. The fourth-order valence-corrected chi connectivity index (χ4v) is 3.91. The third kappa shape index (κ3) is 19.3. The molecule has 0 aliphatic carbocycles. The molecule has 0 atom stereocenters. The Bertz CT molecular complexity index is 901. The molecule has 39 heavy (non-hydrogen) atoms. The van der Waals surface area contributed by atoms with Crippen LogP contribution in [0.2, 0.25) is 0 Å². The van der Waals surface area contributed by atoms with Crippen LogP contribution in [0.3, 0.4) is 0 Å². The van der Waals surface area contributed by atoms with Crippen LogP contribution in [-0.2, 0) is 19.1 Å². The summed E-state index contributed by atoms with van der Waals surface area (Å²) >= 11 is 0. The number of hydrogen-bond donors (Lipinski definition) is 1.